The van der Waals surface area contributed by atoms with Gasteiger partial charge in [0, 0.05) is 17.5 Å². The number of primary amides is 1. The molecule has 1 atom stereocenters. The first kappa shape index (κ1) is 18.0. The number of anilines is 1. The van der Waals surface area contributed by atoms with Gasteiger partial charge in [0.1, 0.15) is 0 Å². The van der Waals surface area contributed by atoms with Crippen LogP contribution in [0.3, 0.4) is 0 Å². The average Bonchev–Trinajstić information content (AvgIpc) is 2.90. The summed E-state index contributed by atoms with van der Waals surface area (Å²) in [5.74, 6) is -1.30. The number of piperidine rings is 1. The van der Waals surface area contributed by atoms with Crippen molar-refractivity contribution < 1.29 is 19.3 Å². The average molecular weight is 360 g/mol. The van der Waals surface area contributed by atoms with Crippen molar-refractivity contribution in [3.8, 4) is 0 Å². The number of amides is 3. The second-order valence-electron chi connectivity index (χ2n) is 6.73. The molecule has 2 N–H and O–H groups in total. The molecule has 2 fully saturated rings. The van der Waals surface area contributed by atoms with E-state index in [0.29, 0.717) is 31.5 Å². The van der Waals surface area contributed by atoms with Crippen molar-refractivity contribution in [3.63, 3.8) is 0 Å². The Balaban J connectivity index is 1.79. The van der Waals surface area contributed by atoms with Crippen molar-refractivity contribution in [2.24, 2.45) is 11.7 Å². The number of carbonyl (C=O) groups is 3. The van der Waals surface area contributed by atoms with E-state index in [4.69, 9.17) is 5.73 Å². The molecule has 1 aromatic rings. The zero-order valence-corrected chi connectivity index (χ0v) is 14.4. The van der Waals surface area contributed by atoms with Gasteiger partial charge in [0.2, 0.25) is 11.8 Å². The zero-order valence-electron chi connectivity index (χ0n) is 14.4. The highest BCUT2D eigenvalue weighted by Crippen LogP contribution is 2.31. The molecule has 2 aliphatic rings. The number of nitro groups is 1. The third-order valence-corrected chi connectivity index (χ3v) is 5.14. The smallest absolute Gasteiger partial charge is 0.274 e. The van der Waals surface area contributed by atoms with Gasteiger partial charge in [-0.2, -0.15) is 0 Å². The van der Waals surface area contributed by atoms with Crippen LogP contribution in [0.5, 0.6) is 0 Å². The van der Waals surface area contributed by atoms with Crippen LogP contribution >= 0.6 is 0 Å². The van der Waals surface area contributed by atoms with E-state index in [1.807, 2.05) is 4.90 Å². The van der Waals surface area contributed by atoms with Crippen LogP contribution in [-0.4, -0.2) is 46.7 Å². The molecule has 1 aromatic carbocycles. The van der Waals surface area contributed by atoms with Crippen molar-refractivity contribution in [1.29, 1.82) is 0 Å². The number of hydrogen-bond donors (Lipinski definition) is 1. The third kappa shape index (κ3) is 3.17. The SMILES string of the molecule is Cc1ccc(N2C(=O)C[C@@H](N3CCC(C(N)=O)CC3)C2=O)cc1[N+](=O)[O-]. The van der Waals surface area contributed by atoms with E-state index >= 15 is 0 Å². The highest BCUT2D eigenvalue weighted by Gasteiger charge is 2.44. The maximum Gasteiger partial charge on any atom is 0.274 e. The number of imide groups is 1. The van der Waals surface area contributed by atoms with E-state index in [9.17, 15) is 24.5 Å². The monoisotopic (exact) mass is 360 g/mol. The Morgan fingerprint density at radius 1 is 1.27 bits per heavy atom. The molecule has 9 heteroatoms. The maximum atomic E-state index is 12.8. The molecule has 0 unspecified atom stereocenters. The van der Waals surface area contributed by atoms with E-state index in [1.165, 1.54) is 12.1 Å². The Kier molecular flexibility index (Phi) is 4.73. The molecule has 0 aromatic heterocycles. The summed E-state index contributed by atoms with van der Waals surface area (Å²) in [6.45, 7) is 2.62. The van der Waals surface area contributed by atoms with Gasteiger partial charge in [-0.25, -0.2) is 4.90 Å². The lowest BCUT2D eigenvalue weighted by Gasteiger charge is -2.33. The highest BCUT2D eigenvalue weighted by molar-refractivity contribution is 6.22. The lowest BCUT2D eigenvalue weighted by Crippen LogP contribution is -2.47. The van der Waals surface area contributed by atoms with Crippen molar-refractivity contribution in [2.45, 2.75) is 32.2 Å². The minimum Gasteiger partial charge on any atom is -0.369 e. The molecule has 3 amide bonds. The molecule has 9 nitrogen and oxygen atoms in total. The number of hydrogen-bond acceptors (Lipinski definition) is 6. The van der Waals surface area contributed by atoms with E-state index in [1.54, 1.807) is 13.0 Å². The Morgan fingerprint density at radius 3 is 2.50 bits per heavy atom. The van der Waals surface area contributed by atoms with Gasteiger partial charge in [0.25, 0.3) is 11.6 Å². The lowest BCUT2D eigenvalue weighted by molar-refractivity contribution is -0.385. The quantitative estimate of drug-likeness (QED) is 0.479. The highest BCUT2D eigenvalue weighted by atomic mass is 16.6. The molecule has 0 radical (unpaired) electrons. The lowest BCUT2D eigenvalue weighted by atomic mass is 9.95. The van der Waals surface area contributed by atoms with Crippen LogP contribution in [0.4, 0.5) is 11.4 Å². The van der Waals surface area contributed by atoms with E-state index in [2.05, 4.69) is 0 Å². The summed E-state index contributed by atoms with van der Waals surface area (Å²) < 4.78 is 0. The third-order valence-electron chi connectivity index (χ3n) is 5.14. The standard InChI is InChI=1S/C17H20N4O5/c1-10-2-3-12(8-13(10)21(25)26)20-15(22)9-14(17(20)24)19-6-4-11(5-7-19)16(18)23/h2-3,8,11,14H,4-7,9H2,1H3,(H2,18,23)/t14-/m1/s1. The van der Waals surface area contributed by atoms with Gasteiger partial charge in [-0.05, 0) is 38.9 Å². The van der Waals surface area contributed by atoms with Gasteiger partial charge in [-0.3, -0.25) is 29.4 Å². The summed E-state index contributed by atoms with van der Waals surface area (Å²) >= 11 is 0. The van der Waals surface area contributed by atoms with Gasteiger partial charge in [0.05, 0.1) is 23.1 Å². The second kappa shape index (κ2) is 6.83. The van der Waals surface area contributed by atoms with Crippen molar-refractivity contribution in [2.75, 3.05) is 18.0 Å². The fourth-order valence-electron chi connectivity index (χ4n) is 3.60. The summed E-state index contributed by atoms with van der Waals surface area (Å²) in [4.78, 5) is 50.0. The molecule has 0 aliphatic carbocycles. The van der Waals surface area contributed by atoms with Crippen LogP contribution in [0.1, 0.15) is 24.8 Å². The molecule has 2 saturated heterocycles. The van der Waals surface area contributed by atoms with E-state index in [0.717, 1.165) is 4.90 Å². The molecule has 26 heavy (non-hydrogen) atoms. The number of rotatable bonds is 4. The first-order valence-electron chi connectivity index (χ1n) is 8.44. The van der Waals surface area contributed by atoms with E-state index in [-0.39, 0.29) is 41.4 Å². The minimum atomic E-state index is -0.600. The minimum absolute atomic E-state index is 0.0295. The topological polar surface area (TPSA) is 127 Å². The van der Waals surface area contributed by atoms with E-state index < -0.39 is 11.0 Å². The van der Waals surface area contributed by atoms with Crippen molar-refractivity contribution in [3.05, 3.63) is 33.9 Å². The van der Waals surface area contributed by atoms with Crippen LogP contribution < -0.4 is 10.6 Å². The predicted molar refractivity (Wildman–Crippen MR) is 92.2 cm³/mol. The van der Waals surface area contributed by atoms with Gasteiger partial charge in [-0.15, -0.1) is 0 Å². The first-order chi connectivity index (χ1) is 12.3. The molecule has 0 bridgehead atoms. The molecule has 2 heterocycles. The Labute approximate surface area is 149 Å². The summed E-state index contributed by atoms with van der Waals surface area (Å²) in [6, 6.07) is 3.73. The summed E-state index contributed by atoms with van der Waals surface area (Å²) in [5.41, 5.74) is 5.87. The fraction of sp³-hybridized carbons (Fsp3) is 0.471. The molecule has 2 aliphatic heterocycles. The van der Waals surface area contributed by atoms with Crippen LogP contribution in [0.25, 0.3) is 0 Å². The van der Waals surface area contributed by atoms with Crippen LogP contribution in [0, 0.1) is 23.0 Å². The molecular weight excluding hydrogens is 340 g/mol. The summed E-state index contributed by atoms with van der Waals surface area (Å²) in [5, 5.41) is 11.1. The van der Waals surface area contributed by atoms with Crippen LogP contribution in [-0.2, 0) is 14.4 Å². The summed E-state index contributed by atoms with van der Waals surface area (Å²) in [6.07, 6.45) is 1.15. The largest absolute Gasteiger partial charge is 0.369 e. The summed E-state index contributed by atoms with van der Waals surface area (Å²) in [7, 11) is 0. The number of carbonyl (C=O) groups excluding carboxylic acids is 3. The predicted octanol–water partition coefficient (Wildman–Crippen LogP) is 0.732. The Hall–Kier alpha value is -2.81. The van der Waals surface area contributed by atoms with Gasteiger partial charge in [0.15, 0.2) is 0 Å². The molecule has 0 saturated carbocycles. The van der Waals surface area contributed by atoms with Crippen molar-refractivity contribution in [1.82, 2.24) is 4.90 Å². The number of aryl methyl sites for hydroxylation is 1. The van der Waals surface area contributed by atoms with Crippen molar-refractivity contribution >= 4 is 29.1 Å². The maximum absolute atomic E-state index is 12.8. The zero-order chi connectivity index (χ0) is 19.0. The first-order valence-corrected chi connectivity index (χ1v) is 8.44. The van der Waals surface area contributed by atoms with Crippen LogP contribution in [0.2, 0.25) is 0 Å². The van der Waals surface area contributed by atoms with Gasteiger partial charge < -0.3 is 5.73 Å². The van der Waals surface area contributed by atoms with Gasteiger partial charge in [-0.1, -0.05) is 6.07 Å². The normalized spacial score (nSPS) is 22.0. The number of likely N-dealkylation sites (tertiary alicyclic amines) is 1. The number of nitro benzene ring substituents is 1. The Bertz CT molecular complexity index is 785. The number of nitrogens with two attached hydrogens (primary N) is 1. The molecule has 138 valence electrons. The number of nitrogens with zero attached hydrogens (tertiary/aromatic N) is 3. The van der Waals surface area contributed by atoms with Gasteiger partial charge >= 0.3 is 0 Å². The second-order valence-corrected chi connectivity index (χ2v) is 6.73. The number of benzene rings is 1. The fourth-order valence-corrected chi connectivity index (χ4v) is 3.60. The van der Waals surface area contributed by atoms with Crippen LogP contribution in [0.15, 0.2) is 18.2 Å². The molecular formula is C17H20N4O5. The molecule has 0 spiro atoms. The Morgan fingerprint density at radius 2 is 1.92 bits per heavy atom. The molecule has 3 rings (SSSR count).